The quantitative estimate of drug-likeness (QED) is 0.876. The molecule has 0 saturated carbocycles. The number of pyridine rings is 1. The zero-order valence-electron chi connectivity index (χ0n) is 13.2. The minimum absolute atomic E-state index is 0.307. The van der Waals surface area contributed by atoms with E-state index in [1.165, 1.54) is 0 Å². The van der Waals surface area contributed by atoms with E-state index >= 15 is 0 Å². The lowest BCUT2D eigenvalue weighted by atomic mass is 10.00. The zero-order valence-corrected chi connectivity index (χ0v) is 14.8. The van der Waals surface area contributed by atoms with Crippen LogP contribution >= 0.6 is 23.2 Å². The fraction of sp³-hybridized carbons (Fsp3) is 0.333. The van der Waals surface area contributed by atoms with Crippen LogP contribution in [0.1, 0.15) is 35.8 Å². The van der Waals surface area contributed by atoms with E-state index in [1.54, 1.807) is 12.1 Å². The molecule has 2 atom stereocenters. The Kier molecular flexibility index (Phi) is 5.09. The van der Waals surface area contributed by atoms with Crippen LogP contribution in [-0.4, -0.2) is 33.5 Å². The SMILES string of the molecule is Cc1cccc(C(c2ccc(Cl)cc2Cl)N2CCCC2C(=O)O)n1. The Hall–Kier alpha value is -1.62. The van der Waals surface area contributed by atoms with Gasteiger partial charge in [0.2, 0.25) is 0 Å². The Morgan fingerprint density at radius 2 is 2.12 bits per heavy atom. The van der Waals surface area contributed by atoms with E-state index in [1.807, 2.05) is 36.1 Å². The maximum atomic E-state index is 11.7. The second kappa shape index (κ2) is 7.09. The van der Waals surface area contributed by atoms with Gasteiger partial charge in [-0.2, -0.15) is 0 Å². The Morgan fingerprint density at radius 3 is 2.79 bits per heavy atom. The molecule has 1 aliphatic rings. The van der Waals surface area contributed by atoms with Crippen molar-refractivity contribution in [3.05, 3.63) is 63.4 Å². The van der Waals surface area contributed by atoms with Crippen LogP contribution in [0, 0.1) is 6.92 Å². The maximum absolute atomic E-state index is 11.7. The van der Waals surface area contributed by atoms with Crippen molar-refractivity contribution in [3.8, 4) is 0 Å². The summed E-state index contributed by atoms with van der Waals surface area (Å²) in [5.41, 5.74) is 2.51. The van der Waals surface area contributed by atoms with E-state index in [-0.39, 0.29) is 6.04 Å². The van der Waals surface area contributed by atoms with E-state index in [4.69, 9.17) is 23.2 Å². The van der Waals surface area contributed by atoms with Crippen LogP contribution in [0.3, 0.4) is 0 Å². The minimum atomic E-state index is -0.810. The first kappa shape index (κ1) is 17.2. The number of carboxylic acid groups (broad SMARTS) is 1. The summed E-state index contributed by atoms with van der Waals surface area (Å²) in [5, 5.41) is 10.7. The molecule has 0 radical (unpaired) electrons. The van der Waals surface area contributed by atoms with Crippen LogP contribution in [0.15, 0.2) is 36.4 Å². The van der Waals surface area contributed by atoms with Gasteiger partial charge < -0.3 is 5.11 Å². The summed E-state index contributed by atoms with van der Waals surface area (Å²) in [6, 6.07) is 10.2. The molecule has 0 spiro atoms. The third kappa shape index (κ3) is 3.41. The molecule has 126 valence electrons. The third-order valence-corrected chi connectivity index (χ3v) is 4.92. The van der Waals surface area contributed by atoms with Crippen LogP contribution in [-0.2, 0) is 4.79 Å². The third-order valence-electron chi connectivity index (χ3n) is 4.36. The highest BCUT2D eigenvalue weighted by Gasteiger charge is 2.38. The van der Waals surface area contributed by atoms with Crippen molar-refractivity contribution in [2.45, 2.75) is 31.8 Å². The minimum Gasteiger partial charge on any atom is -0.480 e. The van der Waals surface area contributed by atoms with Crippen LogP contribution < -0.4 is 0 Å². The standard InChI is InChI=1S/C18H18Cl2N2O2/c1-11-4-2-5-15(21-11)17(13-8-7-12(19)10-14(13)20)22-9-3-6-16(22)18(23)24/h2,4-5,7-8,10,16-17H,3,6,9H2,1H3,(H,23,24). The van der Waals surface area contributed by atoms with Crippen molar-refractivity contribution in [2.75, 3.05) is 6.54 Å². The van der Waals surface area contributed by atoms with E-state index in [0.717, 1.165) is 23.4 Å². The van der Waals surface area contributed by atoms with Gasteiger partial charge in [0.25, 0.3) is 0 Å². The van der Waals surface area contributed by atoms with Crippen LogP contribution in [0.25, 0.3) is 0 Å². The van der Waals surface area contributed by atoms with Gasteiger partial charge in [-0.1, -0.05) is 35.3 Å². The van der Waals surface area contributed by atoms with E-state index < -0.39 is 12.0 Å². The number of hydrogen-bond donors (Lipinski definition) is 1. The lowest BCUT2D eigenvalue weighted by Gasteiger charge is -2.32. The van der Waals surface area contributed by atoms with Crippen molar-refractivity contribution in [1.29, 1.82) is 0 Å². The number of aromatic nitrogens is 1. The van der Waals surface area contributed by atoms with E-state index in [2.05, 4.69) is 4.98 Å². The number of benzene rings is 1. The highest BCUT2D eigenvalue weighted by atomic mass is 35.5. The number of halogens is 2. The molecule has 2 unspecified atom stereocenters. The zero-order chi connectivity index (χ0) is 17.3. The van der Waals surface area contributed by atoms with Crippen LogP contribution in [0.4, 0.5) is 0 Å². The maximum Gasteiger partial charge on any atom is 0.320 e. The highest BCUT2D eigenvalue weighted by Crippen LogP contribution is 2.38. The second-order valence-electron chi connectivity index (χ2n) is 6.01. The summed E-state index contributed by atoms with van der Waals surface area (Å²) in [4.78, 5) is 18.3. The van der Waals surface area contributed by atoms with Crippen molar-refractivity contribution < 1.29 is 9.90 Å². The molecule has 24 heavy (non-hydrogen) atoms. The highest BCUT2D eigenvalue weighted by molar-refractivity contribution is 6.35. The predicted molar refractivity (Wildman–Crippen MR) is 94.6 cm³/mol. The normalized spacial score (nSPS) is 19.4. The summed E-state index contributed by atoms with van der Waals surface area (Å²) < 4.78 is 0. The average molecular weight is 365 g/mol. The molecule has 1 aromatic carbocycles. The molecule has 0 amide bonds. The van der Waals surface area contributed by atoms with Gasteiger partial charge in [-0.3, -0.25) is 14.7 Å². The van der Waals surface area contributed by atoms with Crippen molar-refractivity contribution in [3.63, 3.8) is 0 Å². The number of carbonyl (C=O) groups is 1. The summed E-state index contributed by atoms with van der Waals surface area (Å²) in [5.74, 6) is -0.810. The number of aliphatic carboxylic acids is 1. The molecule has 2 heterocycles. The van der Waals surface area contributed by atoms with Crippen LogP contribution in [0.2, 0.25) is 10.0 Å². The smallest absolute Gasteiger partial charge is 0.320 e. The number of aryl methyl sites for hydroxylation is 1. The van der Waals surface area contributed by atoms with Gasteiger partial charge in [0.05, 0.1) is 11.7 Å². The van der Waals surface area contributed by atoms with E-state index in [0.29, 0.717) is 23.0 Å². The van der Waals surface area contributed by atoms with Gasteiger partial charge in [-0.15, -0.1) is 0 Å². The second-order valence-corrected chi connectivity index (χ2v) is 6.85. The van der Waals surface area contributed by atoms with Gasteiger partial charge in [-0.25, -0.2) is 0 Å². The molecular weight excluding hydrogens is 347 g/mol. The molecule has 1 aliphatic heterocycles. The molecule has 1 aromatic heterocycles. The fourth-order valence-corrected chi connectivity index (χ4v) is 3.82. The molecule has 0 aliphatic carbocycles. The van der Waals surface area contributed by atoms with Crippen molar-refractivity contribution in [2.24, 2.45) is 0 Å². The predicted octanol–water partition coefficient (Wildman–Crippen LogP) is 4.34. The monoisotopic (exact) mass is 364 g/mol. The molecule has 1 fully saturated rings. The first-order valence-electron chi connectivity index (χ1n) is 7.84. The number of likely N-dealkylation sites (tertiary alicyclic amines) is 1. The molecule has 6 heteroatoms. The first-order valence-corrected chi connectivity index (χ1v) is 8.60. The topological polar surface area (TPSA) is 53.4 Å². The average Bonchev–Trinajstić information content (AvgIpc) is 2.99. The molecule has 4 nitrogen and oxygen atoms in total. The molecule has 1 saturated heterocycles. The van der Waals surface area contributed by atoms with Gasteiger partial charge >= 0.3 is 5.97 Å². The molecule has 0 bridgehead atoms. The lowest BCUT2D eigenvalue weighted by molar-refractivity contribution is -0.142. The van der Waals surface area contributed by atoms with Crippen LogP contribution in [0.5, 0.6) is 0 Å². The Balaban J connectivity index is 2.12. The fourth-order valence-electron chi connectivity index (χ4n) is 3.31. The van der Waals surface area contributed by atoms with Crippen molar-refractivity contribution in [1.82, 2.24) is 9.88 Å². The molecule has 1 N–H and O–H groups in total. The number of hydrogen-bond acceptors (Lipinski definition) is 3. The van der Waals surface area contributed by atoms with Gasteiger partial charge in [0.15, 0.2) is 0 Å². The summed E-state index contributed by atoms with van der Waals surface area (Å²) in [6.07, 6.45) is 1.47. The first-order chi connectivity index (χ1) is 11.5. The molecule has 2 aromatic rings. The van der Waals surface area contributed by atoms with E-state index in [9.17, 15) is 9.90 Å². The lowest BCUT2D eigenvalue weighted by Crippen LogP contribution is -2.39. The van der Waals surface area contributed by atoms with Gasteiger partial charge in [-0.05, 0) is 49.6 Å². The Bertz CT molecular complexity index is 766. The van der Waals surface area contributed by atoms with Gasteiger partial charge in [0, 0.05) is 22.3 Å². The Labute approximate surface area is 151 Å². The largest absolute Gasteiger partial charge is 0.480 e. The summed E-state index contributed by atoms with van der Waals surface area (Å²) in [6.45, 7) is 2.61. The van der Waals surface area contributed by atoms with Gasteiger partial charge in [0.1, 0.15) is 6.04 Å². The number of nitrogens with zero attached hydrogens (tertiary/aromatic N) is 2. The number of rotatable bonds is 4. The number of carboxylic acids is 1. The molecular formula is C18H18Cl2N2O2. The Morgan fingerprint density at radius 1 is 1.33 bits per heavy atom. The summed E-state index contributed by atoms with van der Waals surface area (Å²) in [7, 11) is 0. The summed E-state index contributed by atoms with van der Waals surface area (Å²) >= 11 is 12.5. The molecule has 3 rings (SSSR count). The van der Waals surface area contributed by atoms with Crippen molar-refractivity contribution >= 4 is 29.2 Å².